The maximum absolute atomic E-state index is 11.8. The van der Waals surface area contributed by atoms with Crippen LogP contribution >= 0.6 is 11.3 Å². The maximum Gasteiger partial charge on any atom is 0.185 e. The van der Waals surface area contributed by atoms with Crippen molar-refractivity contribution in [2.24, 2.45) is 0 Å². The van der Waals surface area contributed by atoms with Gasteiger partial charge in [-0.05, 0) is 37.0 Å². The van der Waals surface area contributed by atoms with Crippen molar-refractivity contribution in [3.05, 3.63) is 40.7 Å². The van der Waals surface area contributed by atoms with Crippen LogP contribution in [-0.2, 0) is 12.8 Å². The first-order chi connectivity index (χ1) is 9.74. The number of ketones is 1. The van der Waals surface area contributed by atoms with Crippen LogP contribution in [0.15, 0.2) is 24.5 Å². The van der Waals surface area contributed by atoms with Crippen LogP contribution in [0.4, 0.5) is 5.13 Å². The predicted octanol–water partition coefficient (Wildman–Crippen LogP) is 2.74. The SMILES string of the molecule is CN(CCc1ccncc1)c1nc2c(s1)C(=O)CCC2. The molecule has 4 nitrogen and oxygen atoms in total. The molecule has 0 saturated heterocycles. The lowest BCUT2D eigenvalue weighted by Gasteiger charge is -2.15. The number of aryl methyl sites for hydroxylation is 1. The molecular formula is C15H17N3OS. The number of nitrogens with zero attached hydrogens (tertiary/aromatic N) is 3. The molecule has 0 fully saturated rings. The van der Waals surface area contributed by atoms with Crippen molar-refractivity contribution in [2.75, 3.05) is 18.5 Å². The highest BCUT2D eigenvalue weighted by atomic mass is 32.1. The molecule has 3 rings (SSSR count). The lowest BCUT2D eigenvalue weighted by atomic mass is 10.0. The topological polar surface area (TPSA) is 46.1 Å². The summed E-state index contributed by atoms with van der Waals surface area (Å²) >= 11 is 1.54. The molecule has 104 valence electrons. The summed E-state index contributed by atoms with van der Waals surface area (Å²) in [6.45, 7) is 0.893. The van der Waals surface area contributed by atoms with Gasteiger partial charge in [0.05, 0.1) is 10.6 Å². The third-order valence-corrected chi connectivity index (χ3v) is 4.82. The molecule has 0 atom stereocenters. The number of Topliss-reactive ketones (excluding diaryl/α,β-unsaturated/α-hetero) is 1. The lowest BCUT2D eigenvalue weighted by molar-refractivity contribution is 0.0976. The largest absolute Gasteiger partial charge is 0.351 e. The Morgan fingerprint density at radius 2 is 2.10 bits per heavy atom. The minimum atomic E-state index is 0.262. The highest BCUT2D eigenvalue weighted by Gasteiger charge is 2.23. The zero-order valence-electron chi connectivity index (χ0n) is 11.5. The fraction of sp³-hybridized carbons (Fsp3) is 0.400. The van der Waals surface area contributed by atoms with Crippen LogP contribution in [0.5, 0.6) is 0 Å². The monoisotopic (exact) mass is 287 g/mol. The van der Waals surface area contributed by atoms with Gasteiger partial charge in [-0.1, -0.05) is 11.3 Å². The van der Waals surface area contributed by atoms with E-state index in [1.54, 1.807) is 0 Å². The first-order valence-electron chi connectivity index (χ1n) is 6.87. The highest BCUT2D eigenvalue weighted by Crippen LogP contribution is 2.31. The fourth-order valence-corrected chi connectivity index (χ4v) is 3.43. The van der Waals surface area contributed by atoms with Gasteiger partial charge in [-0.15, -0.1) is 0 Å². The Morgan fingerprint density at radius 3 is 2.85 bits per heavy atom. The molecule has 0 bridgehead atoms. The summed E-state index contributed by atoms with van der Waals surface area (Å²) in [7, 11) is 2.04. The number of anilines is 1. The normalized spacial score (nSPS) is 14.2. The van der Waals surface area contributed by atoms with Crippen molar-refractivity contribution in [2.45, 2.75) is 25.7 Å². The molecule has 0 aromatic carbocycles. The van der Waals surface area contributed by atoms with Crippen LogP contribution < -0.4 is 4.90 Å². The third-order valence-electron chi connectivity index (χ3n) is 3.57. The van der Waals surface area contributed by atoms with Crippen LogP contribution in [0.25, 0.3) is 0 Å². The van der Waals surface area contributed by atoms with Crippen molar-refractivity contribution in [3.8, 4) is 0 Å². The molecule has 5 heteroatoms. The number of fused-ring (bicyclic) bond motifs is 1. The van der Waals surface area contributed by atoms with Crippen molar-refractivity contribution in [3.63, 3.8) is 0 Å². The van der Waals surface area contributed by atoms with Gasteiger partial charge < -0.3 is 4.90 Å². The number of likely N-dealkylation sites (N-methyl/N-ethyl adjacent to an activating group) is 1. The molecule has 1 aliphatic carbocycles. The number of aromatic nitrogens is 2. The average Bonchev–Trinajstić information content (AvgIpc) is 2.91. The highest BCUT2D eigenvalue weighted by molar-refractivity contribution is 7.17. The van der Waals surface area contributed by atoms with E-state index in [-0.39, 0.29) is 5.78 Å². The zero-order chi connectivity index (χ0) is 13.9. The van der Waals surface area contributed by atoms with Crippen LogP contribution in [-0.4, -0.2) is 29.3 Å². The summed E-state index contributed by atoms with van der Waals surface area (Å²) in [5.41, 5.74) is 2.27. The molecule has 2 aromatic heterocycles. The summed E-state index contributed by atoms with van der Waals surface area (Å²) in [6.07, 6.45) is 7.14. The van der Waals surface area contributed by atoms with Crippen LogP contribution in [0.3, 0.4) is 0 Å². The van der Waals surface area contributed by atoms with Gasteiger partial charge in [-0.3, -0.25) is 9.78 Å². The Labute approximate surface area is 122 Å². The Hall–Kier alpha value is -1.75. The van der Waals surface area contributed by atoms with E-state index in [0.717, 1.165) is 41.5 Å². The van der Waals surface area contributed by atoms with Crippen molar-refractivity contribution in [1.29, 1.82) is 0 Å². The molecule has 0 amide bonds. The first kappa shape index (κ1) is 13.2. The molecule has 0 unspecified atom stereocenters. The molecule has 2 heterocycles. The quantitative estimate of drug-likeness (QED) is 0.867. The number of thiazole rings is 1. The lowest BCUT2D eigenvalue weighted by Crippen LogP contribution is -2.20. The van der Waals surface area contributed by atoms with Gasteiger partial charge in [0.1, 0.15) is 0 Å². The van der Waals surface area contributed by atoms with Crippen molar-refractivity contribution in [1.82, 2.24) is 9.97 Å². The van der Waals surface area contributed by atoms with E-state index in [2.05, 4.69) is 14.9 Å². The van der Waals surface area contributed by atoms with E-state index < -0.39 is 0 Å². The molecule has 20 heavy (non-hydrogen) atoms. The number of carbonyl (C=O) groups is 1. The van der Waals surface area contributed by atoms with Gasteiger partial charge in [0.25, 0.3) is 0 Å². The Morgan fingerprint density at radius 1 is 1.30 bits per heavy atom. The van der Waals surface area contributed by atoms with Crippen LogP contribution in [0, 0.1) is 0 Å². The molecule has 0 N–H and O–H groups in total. The Bertz CT molecular complexity index is 609. The fourth-order valence-electron chi connectivity index (χ4n) is 2.36. The molecule has 0 saturated carbocycles. The van der Waals surface area contributed by atoms with Gasteiger partial charge in [0.2, 0.25) is 0 Å². The molecule has 0 spiro atoms. The van der Waals surface area contributed by atoms with Gasteiger partial charge in [0.15, 0.2) is 10.9 Å². The van der Waals surface area contributed by atoms with Gasteiger partial charge in [-0.25, -0.2) is 4.98 Å². The van der Waals surface area contributed by atoms with Gasteiger partial charge in [0, 0.05) is 32.4 Å². The molecule has 0 aliphatic heterocycles. The number of hydrogen-bond donors (Lipinski definition) is 0. The number of hydrogen-bond acceptors (Lipinski definition) is 5. The summed E-state index contributed by atoms with van der Waals surface area (Å²) in [4.78, 5) is 23.5. The zero-order valence-corrected chi connectivity index (χ0v) is 12.3. The second-order valence-electron chi connectivity index (χ2n) is 5.08. The Balaban J connectivity index is 1.68. The van der Waals surface area contributed by atoms with Crippen molar-refractivity contribution >= 4 is 22.3 Å². The first-order valence-corrected chi connectivity index (χ1v) is 7.68. The minimum absolute atomic E-state index is 0.262. The smallest absolute Gasteiger partial charge is 0.185 e. The van der Waals surface area contributed by atoms with Crippen LogP contribution in [0.2, 0.25) is 0 Å². The number of rotatable bonds is 4. The summed E-state index contributed by atoms with van der Waals surface area (Å²) in [5, 5.41) is 0.958. The summed E-state index contributed by atoms with van der Waals surface area (Å²) in [6, 6.07) is 4.06. The standard InChI is InChI=1S/C15H17N3OS/c1-18(10-7-11-5-8-16-9-6-11)15-17-12-3-2-4-13(19)14(12)20-15/h5-6,8-9H,2-4,7,10H2,1H3. The molecular weight excluding hydrogens is 270 g/mol. The second kappa shape index (κ2) is 5.71. The predicted molar refractivity (Wildman–Crippen MR) is 80.6 cm³/mol. The van der Waals surface area contributed by atoms with Crippen molar-refractivity contribution < 1.29 is 4.79 Å². The summed E-state index contributed by atoms with van der Waals surface area (Å²) in [5.74, 6) is 0.262. The maximum atomic E-state index is 11.8. The number of pyridine rings is 1. The minimum Gasteiger partial charge on any atom is -0.351 e. The second-order valence-corrected chi connectivity index (χ2v) is 6.05. The van der Waals surface area contributed by atoms with E-state index in [1.165, 1.54) is 16.9 Å². The number of carbonyl (C=O) groups excluding carboxylic acids is 1. The van der Waals surface area contributed by atoms with Gasteiger partial charge in [-0.2, -0.15) is 0 Å². The molecule has 1 aliphatic rings. The molecule has 2 aromatic rings. The van der Waals surface area contributed by atoms with Crippen LogP contribution in [0.1, 0.15) is 33.8 Å². The summed E-state index contributed by atoms with van der Waals surface area (Å²) < 4.78 is 0. The molecule has 0 radical (unpaired) electrons. The van der Waals surface area contributed by atoms with Gasteiger partial charge >= 0.3 is 0 Å². The van der Waals surface area contributed by atoms with E-state index in [4.69, 9.17) is 0 Å². The average molecular weight is 287 g/mol. The Kier molecular flexibility index (Phi) is 3.78. The van der Waals surface area contributed by atoms with E-state index in [0.29, 0.717) is 6.42 Å². The third kappa shape index (κ3) is 2.72. The van der Waals surface area contributed by atoms with E-state index in [1.807, 2.05) is 31.6 Å². The van der Waals surface area contributed by atoms with E-state index in [9.17, 15) is 4.79 Å². The van der Waals surface area contributed by atoms with E-state index >= 15 is 0 Å².